The third-order valence-corrected chi connectivity index (χ3v) is 6.40. The molecule has 0 amide bonds. The van der Waals surface area contributed by atoms with Crippen molar-refractivity contribution in [3.63, 3.8) is 0 Å². The summed E-state index contributed by atoms with van der Waals surface area (Å²) in [6.45, 7) is 0.531. The first kappa shape index (κ1) is 21.4. The third-order valence-electron chi connectivity index (χ3n) is 5.19. The van der Waals surface area contributed by atoms with Crippen molar-refractivity contribution in [2.75, 3.05) is 0 Å². The van der Waals surface area contributed by atoms with E-state index in [0.29, 0.717) is 45.1 Å². The molecule has 2 aromatic heterocycles. The van der Waals surface area contributed by atoms with E-state index in [2.05, 4.69) is 22.3 Å². The maximum Gasteiger partial charge on any atom is 0.262 e. The number of para-hydroxylation sites is 1. The number of halogens is 1. The molecule has 33 heavy (non-hydrogen) atoms. The van der Waals surface area contributed by atoms with Gasteiger partial charge in [-0.2, -0.15) is 4.98 Å². The average Bonchev–Trinajstić information content (AvgIpc) is 3.32. The van der Waals surface area contributed by atoms with Gasteiger partial charge in [0.1, 0.15) is 0 Å². The zero-order valence-corrected chi connectivity index (χ0v) is 19.1. The molecule has 0 aliphatic rings. The Bertz CT molecular complexity index is 1450. The fourth-order valence-electron chi connectivity index (χ4n) is 3.50. The topological polar surface area (TPSA) is 73.8 Å². The molecule has 0 spiro atoms. The van der Waals surface area contributed by atoms with Crippen molar-refractivity contribution in [2.24, 2.45) is 0 Å². The van der Waals surface area contributed by atoms with Crippen molar-refractivity contribution >= 4 is 34.3 Å². The molecule has 5 rings (SSSR count). The normalized spacial score (nSPS) is 11.2. The molecule has 0 bridgehead atoms. The zero-order chi connectivity index (χ0) is 22.6. The van der Waals surface area contributed by atoms with E-state index in [4.69, 9.17) is 21.1 Å². The van der Waals surface area contributed by atoms with E-state index in [-0.39, 0.29) is 5.56 Å². The summed E-state index contributed by atoms with van der Waals surface area (Å²) >= 11 is 7.36. The lowest BCUT2D eigenvalue weighted by molar-refractivity contribution is 0.391. The summed E-state index contributed by atoms with van der Waals surface area (Å²) in [5, 5.41) is 5.94. The molecule has 5 aromatic rings. The maximum absolute atomic E-state index is 13.2. The van der Waals surface area contributed by atoms with Crippen molar-refractivity contribution in [1.29, 1.82) is 0 Å². The summed E-state index contributed by atoms with van der Waals surface area (Å²) in [4.78, 5) is 22.5. The van der Waals surface area contributed by atoms with E-state index < -0.39 is 0 Å². The van der Waals surface area contributed by atoms with E-state index in [9.17, 15) is 4.79 Å². The Balaban J connectivity index is 1.41. The van der Waals surface area contributed by atoms with E-state index in [1.165, 1.54) is 11.8 Å². The molecule has 8 heteroatoms. The van der Waals surface area contributed by atoms with Crippen LogP contribution in [0, 0.1) is 0 Å². The van der Waals surface area contributed by atoms with E-state index in [1.54, 1.807) is 16.7 Å². The fraction of sp³-hybridized carbons (Fsp3) is 0.120. The number of benzene rings is 3. The van der Waals surface area contributed by atoms with Crippen LogP contribution in [-0.4, -0.2) is 19.7 Å². The molecule has 0 saturated heterocycles. The third kappa shape index (κ3) is 4.84. The number of thioether (sulfide) groups is 1. The van der Waals surface area contributed by atoms with Gasteiger partial charge in [0.25, 0.3) is 5.56 Å². The predicted molar refractivity (Wildman–Crippen MR) is 130 cm³/mol. The first-order valence-corrected chi connectivity index (χ1v) is 11.8. The Morgan fingerprint density at radius 1 is 0.909 bits per heavy atom. The highest BCUT2D eigenvalue weighted by molar-refractivity contribution is 7.98. The number of rotatable bonds is 7. The van der Waals surface area contributed by atoms with Gasteiger partial charge in [-0.15, -0.1) is 0 Å². The van der Waals surface area contributed by atoms with E-state index in [0.717, 1.165) is 17.5 Å². The summed E-state index contributed by atoms with van der Waals surface area (Å²) in [5.41, 5.74) is 2.61. The molecule has 0 N–H and O–H groups in total. The van der Waals surface area contributed by atoms with Gasteiger partial charge in [0.05, 0.1) is 16.7 Å². The van der Waals surface area contributed by atoms with Gasteiger partial charge < -0.3 is 4.52 Å². The number of aromatic nitrogens is 4. The van der Waals surface area contributed by atoms with Gasteiger partial charge in [0.2, 0.25) is 11.7 Å². The molecular formula is C25H19ClN4O2S. The summed E-state index contributed by atoms with van der Waals surface area (Å²) < 4.78 is 7.16. The second-order valence-electron chi connectivity index (χ2n) is 7.41. The minimum Gasteiger partial charge on any atom is -0.338 e. The van der Waals surface area contributed by atoms with Crippen LogP contribution in [0.3, 0.4) is 0 Å². The Kier molecular flexibility index (Phi) is 6.24. The van der Waals surface area contributed by atoms with Crippen LogP contribution in [0.4, 0.5) is 0 Å². The molecule has 164 valence electrons. The average molecular weight is 475 g/mol. The summed E-state index contributed by atoms with van der Waals surface area (Å²) in [5.74, 6) is 1.36. The van der Waals surface area contributed by atoms with Crippen LogP contribution < -0.4 is 5.56 Å². The van der Waals surface area contributed by atoms with Crippen molar-refractivity contribution in [3.05, 3.63) is 106 Å². The van der Waals surface area contributed by atoms with Gasteiger partial charge in [-0.05, 0) is 48.4 Å². The molecule has 0 atom stereocenters. The van der Waals surface area contributed by atoms with E-state index >= 15 is 0 Å². The number of nitrogens with zero attached hydrogens (tertiary/aromatic N) is 4. The number of fused-ring (bicyclic) bond motifs is 1. The summed E-state index contributed by atoms with van der Waals surface area (Å²) in [7, 11) is 0. The molecule has 0 radical (unpaired) electrons. The molecule has 0 fully saturated rings. The predicted octanol–water partition coefficient (Wildman–Crippen LogP) is 5.63. The second-order valence-corrected chi connectivity index (χ2v) is 8.79. The zero-order valence-electron chi connectivity index (χ0n) is 17.5. The highest BCUT2D eigenvalue weighted by atomic mass is 35.5. The van der Waals surface area contributed by atoms with Crippen LogP contribution in [0.15, 0.2) is 93.3 Å². The number of hydrogen-bond acceptors (Lipinski definition) is 6. The van der Waals surface area contributed by atoms with Crippen LogP contribution in [-0.2, 0) is 18.7 Å². The molecule has 0 aliphatic heterocycles. The second kappa shape index (κ2) is 9.60. The highest BCUT2D eigenvalue weighted by Crippen LogP contribution is 2.24. The van der Waals surface area contributed by atoms with Crippen molar-refractivity contribution in [1.82, 2.24) is 19.7 Å². The Labute approximate surface area is 199 Å². The SMILES string of the molecule is O=c1c2ccccc2nc(SCc2nc(-c3ccc(Cl)cc3)no2)n1CCc1ccccc1. The quantitative estimate of drug-likeness (QED) is 0.224. The monoisotopic (exact) mass is 474 g/mol. The van der Waals surface area contributed by atoms with Gasteiger partial charge in [-0.1, -0.05) is 71.0 Å². The van der Waals surface area contributed by atoms with Gasteiger partial charge in [-0.3, -0.25) is 9.36 Å². The smallest absolute Gasteiger partial charge is 0.262 e. The van der Waals surface area contributed by atoms with Crippen molar-refractivity contribution < 1.29 is 4.52 Å². The fourth-order valence-corrected chi connectivity index (χ4v) is 4.49. The molecule has 0 aliphatic carbocycles. The molecule has 0 unspecified atom stereocenters. The Hall–Kier alpha value is -3.42. The molecule has 2 heterocycles. The number of aryl methyl sites for hydroxylation is 1. The van der Waals surface area contributed by atoms with Crippen LogP contribution in [0.1, 0.15) is 11.5 Å². The van der Waals surface area contributed by atoms with Gasteiger partial charge in [0.15, 0.2) is 5.16 Å². The molecule has 6 nitrogen and oxygen atoms in total. The Morgan fingerprint density at radius 3 is 2.48 bits per heavy atom. The number of hydrogen-bond donors (Lipinski definition) is 0. The maximum atomic E-state index is 13.2. The minimum atomic E-state index is -0.0496. The highest BCUT2D eigenvalue weighted by Gasteiger charge is 2.14. The van der Waals surface area contributed by atoms with Crippen LogP contribution in [0.5, 0.6) is 0 Å². The van der Waals surface area contributed by atoms with Gasteiger partial charge >= 0.3 is 0 Å². The largest absolute Gasteiger partial charge is 0.338 e. The molecule has 3 aromatic carbocycles. The van der Waals surface area contributed by atoms with Crippen molar-refractivity contribution in [3.8, 4) is 11.4 Å². The lowest BCUT2D eigenvalue weighted by Crippen LogP contribution is -2.24. The van der Waals surface area contributed by atoms with Crippen LogP contribution in [0.25, 0.3) is 22.3 Å². The van der Waals surface area contributed by atoms with Crippen molar-refractivity contribution in [2.45, 2.75) is 23.9 Å². The lowest BCUT2D eigenvalue weighted by Gasteiger charge is -2.12. The molecular weight excluding hydrogens is 456 g/mol. The molecule has 0 saturated carbocycles. The first-order valence-electron chi connectivity index (χ1n) is 10.4. The summed E-state index contributed by atoms with van der Waals surface area (Å²) in [6, 6.07) is 24.8. The first-order chi connectivity index (χ1) is 16.2. The van der Waals surface area contributed by atoms with E-state index in [1.807, 2.05) is 54.6 Å². The van der Waals surface area contributed by atoms with Crippen LogP contribution >= 0.6 is 23.4 Å². The summed E-state index contributed by atoms with van der Waals surface area (Å²) in [6.07, 6.45) is 0.732. The minimum absolute atomic E-state index is 0.0496. The van der Waals surface area contributed by atoms with Gasteiger partial charge in [0, 0.05) is 17.1 Å². The standard InChI is InChI=1S/C25H19ClN4O2S/c26-19-12-10-18(11-13-19)23-28-22(32-29-23)16-33-25-27-21-9-5-4-8-20(21)24(31)30(25)15-14-17-6-2-1-3-7-17/h1-13H,14-16H2. The van der Waals surface area contributed by atoms with Crippen LogP contribution in [0.2, 0.25) is 5.02 Å². The Morgan fingerprint density at radius 2 is 1.67 bits per heavy atom. The lowest BCUT2D eigenvalue weighted by atomic mass is 10.1. The van der Waals surface area contributed by atoms with Gasteiger partial charge in [-0.25, -0.2) is 4.98 Å².